The Bertz CT molecular complexity index is 1100. The number of rotatable bonds is 10. The molecule has 0 fully saturated rings. The molecule has 5 N–H and O–H groups in total. The fraction of sp³-hybridized carbons (Fsp3) is 0.423. The third-order valence-corrected chi connectivity index (χ3v) is 6.11. The highest BCUT2D eigenvalue weighted by molar-refractivity contribution is 6.04. The van der Waals surface area contributed by atoms with Gasteiger partial charge in [-0.2, -0.15) is 5.10 Å². The van der Waals surface area contributed by atoms with Gasteiger partial charge in [0, 0.05) is 54.8 Å². The van der Waals surface area contributed by atoms with Gasteiger partial charge in [0.1, 0.15) is 18.5 Å². The molecule has 0 saturated heterocycles. The lowest BCUT2D eigenvalue weighted by Crippen LogP contribution is -2.49. The van der Waals surface area contributed by atoms with E-state index < -0.39 is 6.10 Å². The highest BCUT2D eigenvalue weighted by Gasteiger charge is 2.21. The predicted molar refractivity (Wildman–Crippen MR) is 136 cm³/mol. The molecule has 2 heterocycles. The average molecular weight is 480 g/mol. The number of aliphatic hydroxyl groups excluding tert-OH is 1. The van der Waals surface area contributed by atoms with Gasteiger partial charge in [0.05, 0.1) is 5.71 Å². The van der Waals surface area contributed by atoms with Crippen LogP contribution in [-0.4, -0.2) is 54.0 Å². The predicted octanol–water partition coefficient (Wildman–Crippen LogP) is 2.41. The summed E-state index contributed by atoms with van der Waals surface area (Å²) in [5.74, 6) is 0.666. The van der Waals surface area contributed by atoms with E-state index in [0.717, 1.165) is 28.2 Å². The summed E-state index contributed by atoms with van der Waals surface area (Å²) in [7, 11) is 0. The van der Waals surface area contributed by atoms with Crippen LogP contribution >= 0.6 is 0 Å². The second-order valence-electron chi connectivity index (χ2n) is 9.58. The van der Waals surface area contributed by atoms with E-state index >= 15 is 0 Å². The molecular formula is C26H33N5O4. The summed E-state index contributed by atoms with van der Waals surface area (Å²) in [5, 5.41) is 24.3. The molecule has 35 heavy (non-hydrogen) atoms. The molecule has 2 aromatic carbocycles. The minimum absolute atomic E-state index is 0.0132. The van der Waals surface area contributed by atoms with E-state index in [1.54, 1.807) is 0 Å². The Kier molecular flexibility index (Phi) is 7.67. The van der Waals surface area contributed by atoms with Crippen molar-refractivity contribution >= 4 is 28.9 Å². The van der Waals surface area contributed by atoms with E-state index in [-0.39, 0.29) is 24.0 Å². The van der Waals surface area contributed by atoms with Crippen molar-refractivity contribution in [2.45, 2.75) is 51.2 Å². The van der Waals surface area contributed by atoms with Gasteiger partial charge in [-0.1, -0.05) is 18.2 Å². The zero-order valence-corrected chi connectivity index (χ0v) is 20.2. The van der Waals surface area contributed by atoms with Crippen molar-refractivity contribution in [2.24, 2.45) is 5.10 Å². The molecule has 0 aliphatic carbocycles. The number of aliphatic hydroxyl groups is 1. The van der Waals surface area contributed by atoms with Gasteiger partial charge in [-0.3, -0.25) is 9.59 Å². The summed E-state index contributed by atoms with van der Waals surface area (Å²) in [6.45, 7) is 5.33. The molecule has 0 saturated carbocycles. The zero-order valence-electron chi connectivity index (χ0n) is 20.2. The maximum absolute atomic E-state index is 11.6. The largest absolute Gasteiger partial charge is 0.490 e. The van der Waals surface area contributed by atoms with Crippen LogP contribution in [0.2, 0.25) is 0 Å². The van der Waals surface area contributed by atoms with Crippen LogP contribution in [0, 0.1) is 0 Å². The summed E-state index contributed by atoms with van der Waals surface area (Å²) in [5.41, 5.74) is 6.88. The molecule has 9 heteroatoms. The second-order valence-corrected chi connectivity index (χ2v) is 9.58. The topological polar surface area (TPSA) is 124 Å². The molecule has 0 spiro atoms. The van der Waals surface area contributed by atoms with Crippen molar-refractivity contribution in [3.63, 3.8) is 0 Å². The Labute approximate surface area is 205 Å². The first-order valence-electron chi connectivity index (χ1n) is 12.0. The van der Waals surface area contributed by atoms with E-state index in [1.807, 2.05) is 42.5 Å². The number of hydrogen-bond acceptors (Lipinski definition) is 7. The van der Waals surface area contributed by atoms with Crippen LogP contribution in [0.3, 0.4) is 0 Å². The van der Waals surface area contributed by atoms with E-state index in [1.165, 1.54) is 0 Å². The molecule has 0 bridgehead atoms. The van der Waals surface area contributed by atoms with Crippen LogP contribution in [0.5, 0.6) is 5.75 Å². The van der Waals surface area contributed by atoms with Gasteiger partial charge in [-0.05, 0) is 50.1 Å². The fourth-order valence-corrected chi connectivity index (χ4v) is 4.01. The first-order valence-corrected chi connectivity index (χ1v) is 12.0. The van der Waals surface area contributed by atoms with Crippen molar-refractivity contribution < 1.29 is 19.4 Å². The number of fused-ring (bicyclic) bond motifs is 1. The lowest BCUT2D eigenvalue weighted by molar-refractivity contribution is -0.121. The number of ether oxygens (including phenoxy) is 1. The summed E-state index contributed by atoms with van der Waals surface area (Å²) in [6, 6.07) is 13.6. The van der Waals surface area contributed by atoms with Crippen molar-refractivity contribution in [2.75, 3.05) is 30.3 Å². The monoisotopic (exact) mass is 479 g/mol. The highest BCUT2D eigenvalue weighted by atomic mass is 16.5. The maximum Gasteiger partial charge on any atom is 0.240 e. The molecule has 1 unspecified atom stereocenters. The van der Waals surface area contributed by atoms with Gasteiger partial charge in [0.15, 0.2) is 0 Å². The highest BCUT2D eigenvalue weighted by Crippen LogP contribution is 2.31. The van der Waals surface area contributed by atoms with E-state index in [2.05, 4.69) is 40.3 Å². The third-order valence-electron chi connectivity index (χ3n) is 6.11. The quantitative estimate of drug-likeness (QED) is 0.357. The number of benzene rings is 2. The lowest BCUT2D eigenvalue weighted by Gasteiger charge is -2.29. The number of nitrogens with one attached hydrogen (secondary N) is 4. The molecule has 2 amide bonds. The minimum Gasteiger partial charge on any atom is -0.490 e. The van der Waals surface area contributed by atoms with Crippen molar-refractivity contribution in [3.05, 3.63) is 53.6 Å². The molecule has 4 rings (SSSR count). The van der Waals surface area contributed by atoms with Gasteiger partial charge >= 0.3 is 0 Å². The number of hydrogen-bond donors (Lipinski definition) is 5. The van der Waals surface area contributed by atoms with Gasteiger partial charge in [-0.15, -0.1) is 0 Å². The minimum atomic E-state index is -0.681. The summed E-state index contributed by atoms with van der Waals surface area (Å²) in [6.07, 6.45) is 1.50. The Hall–Kier alpha value is -3.43. The van der Waals surface area contributed by atoms with Crippen LogP contribution in [-0.2, 0) is 16.0 Å². The van der Waals surface area contributed by atoms with Gasteiger partial charge in [-0.25, -0.2) is 5.43 Å². The first-order chi connectivity index (χ1) is 16.8. The Morgan fingerprint density at radius 3 is 2.57 bits per heavy atom. The van der Waals surface area contributed by atoms with Crippen LogP contribution in [0.1, 0.15) is 44.2 Å². The summed E-state index contributed by atoms with van der Waals surface area (Å²) >= 11 is 0. The molecule has 0 radical (unpaired) electrons. The molecular weight excluding hydrogens is 446 g/mol. The molecule has 2 aliphatic heterocycles. The number of β-amino-alcohol motifs (C(OH)–C–C–N with tert-alkyl or cyclic N) is 1. The number of nitrogens with zero attached hydrogens (tertiary/aromatic N) is 1. The average Bonchev–Trinajstić information content (AvgIpc) is 2.86. The van der Waals surface area contributed by atoms with Crippen molar-refractivity contribution in [1.29, 1.82) is 0 Å². The van der Waals surface area contributed by atoms with Crippen LogP contribution in [0.15, 0.2) is 47.6 Å². The van der Waals surface area contributed by atoms with Crippen LogP contribution < -0.4 is 26.1 Å². The fourth-order valence-electron chi connectivity index (χ4n) is 4.01. The Morgan fingerprint density at radius 1 is 1.06 bits per heavy atom. The van der Waals surface area contributed by atoms with Gasteiger partial charge in [0.25, 0.3) is 0 Å². The zero-order chi connectivity index (χ0) is 24.8. The second kappa shape index (κ2) is 10.9. The number of hydrazone groups is 1. The smallest absolute Gasteiger partial charge is 0.240 e. The number of amides is 2. The van der Waals surface area contributed by atoms with Gasteiger partial charge in [0.2, 0.25) is 11.8 Å². The number of carbonyl (C=O) groups is 2. The van der Waals surface area contributed by atoms with E-state index in [0.29, 0.717) is 44.5 Å². The van der Waals surface area contributed by atoms with E-state index in [4.69, 9.17) is 4.74 Å². The molecule has 1 atom stereocenters. The van der Waals surface area contributed by atoms with E-state index in [9.17, 15) is 14.7 Å². The molecule has 0 aromatic heterocycles. The molecule has 2 aliphatic rings. The lowest BCUT2D eigenvalue weighted by atomic mass is 10.0. The number of carbonyl (C=O) groups excluding carboxylic acids is 2. The molecule has 186 valence electrons. The van der Waals surface area contributed by atoms with Crippen LogP contribution in [0.25, 0.3) is 0 Å². The van der Waals surface area contributed by atoms with Crippen molar-refractivity contribution in [3.8, 4) is 5.75 Å². The SMILES string of the molecule is CC(C)(CNc1ccc(C2=NNC(=O)CC2)cc1)NCC(O)COc1cccc2c1CCC(=O)N2. The number of anilines is 2. The normalized spacial score (nSPS) is 16.5. The Morgan fingerprint density at radius 2 is 1.83 bits per heavy atom. The summed E-state index contributed by atoms with van der Waals surface area (Å²) < 4.78 is 5.87. The van der Waals surface area contributed by atoms with Crippen LogP contribution in [0.4, 0.5) is 11.4 Å². The third kappa shape index (κ3) is 6.80. The molecule has 9 nitrogen and oxygen atoms in total. The Balaban J connectivity index is 1.21. The maximum atomic E-state index is 11.6. The van der Waals surface area contributed by atoms with Gasteiger partial charge < -0.3 is 25.8 Å². The standard InChI is InChI=1S/C26H33N5O4/c1-26(2,16-27-18-8-6-17(7-9-18)21-11-13-25(34)31-30-21)28-14-19(32)15-35-23-5-3-4-22-20(23)10-12-24(33)29-22/h3-9,19,27-28,32H,10-16H2,1-2H3,(H,29,33)(H,31,34). The first kappa shape index (κ1) is 24.7. The summed E-state index contributed by atoms with van der Waals surface area (Å²) in [4.78, 5) is 22.9. The molecule has 2 aromatic rings. The van der Waals surface area contributed by atoms with Crippen molar-refractivity contribution in [1.82, 2.24) is 10.7 Å².